The summed E-state index contributed by atoms with van der Waals surface area (Å²) in [5.74, 6) is -0.754. The van der Waals surface area contributed by atoms with Crippen molar-refractivity contribution < 1.29 is 14.1 Å². The van der Waals surface area contributed by atoms with Crippen LogP contribution in [-0.4, -0.2) is 29.3 Å². The number of carbonyl (C=O) groups is 1. The first-order valence-electron chi connectivity index (χ1n) is 7.43. The largest absolute Gasteiger partial charge is 0.325 e. The topological polar surface area (TPSA) is 75.5 Å². The van der Waals surface area contributed by atoms with Gasteiger partial charge in [0.05, 0.1) is 11.5 Å². The molecule has 0 aliphatic heterocycles. The summed E-state index contributed by atoms with van der Waals surface area (Å²) in [5, 5.41) is 13.9. The van der Waals surface area contributed by atoms with Crippen LogP contribution in [0.15, 0.2) is 36.4 Å². The first-order chi connectivity index (χ1) is 11.8. The minimum absolute atomic E-state index is 0.0228. The maximum Gasteiger partial charge on any atom is 0.269 e. The summed E-state index contributed by atoms with van der Waals surface area (Å²) in [4.78, 5) is 24.1. The van der Waals surface area contributed by atoms with Crippen molar-refractivity contribution in [3.8, 4) is 0 Å². The van der Waals surface area contributed by atoms with Gasteiger partial charge in [-0.3, -0.25) is 19.8 Å². The van der Waals surface area contributed by atoms with E-state index < -0.39 is 10.7 Å². The van der Waals surface area contributed by atoms with Crippen molar-refractivity contribution in [3.05, 3.63) is 68.5 Å². The second-order valence-corrected chi connectivity index (χ2v) is 6.12. The fraction of sp³-hybridized carbons (Fsp3) is 0.235. The van der Waals surface area contributed by atoms with Gasteiger partial charge in [-0.1, -0.05) is 17.7 Å². The molecule has 2 aromatic rings. The maximum absolute atomic E-state index is 13.3. The summed E-state index contributed by atoms with van der Waals surface area (Å²) in [7, 11) is 1.69. The predicted molar refractivity (Wildman–Crippen MR) is 94.2 cm³/mol. The highest BCUT2D eigenvalue weighted by Crippen LogP contribution is 2.23. The van der Waals surface area contributed by atoms with Gasteiger partial charge in [0.1, 0.15) is 5.82 Å². The third-order valence-corrected chi connectivity index (χ3v) is 3.94. The molecule has 0 saturated carbocycles. The van der Waals surface area contributed by atoms with Gasteiger partial charge < -0.3 is 5.32 Å². The molecule has 0 spiro atoms. The van der Waals surface area contributed by atoms with Crippen molar-refractivity contribution in [1.29, 1.82) is 0 Å². The van der Waals surface area contributed by atoms with Gasteiger partial charge in [0.25, 0.3) is 5.69 Å². The van der Waals surface area contributed by atoms with E-state index in [-0.39, 0.29) is 24.7 Å². The SMILES string of the molecule is Cc1ccc(F)cc1NC(=O)CN(C)Cc1cc([N+](=O)[O-])ccc1Cl. The Kier molecular flexibility index (Phi) is 6.06. The number of hydrogen-bond acceptors (Lipinski definition) is 4. The van der Waals surface area contributed by atoms with E-state index in [0.29, 0.717) is 16.3 Å². The number of nitro groups is 1. The second kappa shape index (κ2) is 8.04. The Morgan fingerprint density at radius 1 is 1.32 bits per heavy atom. The lowest BCUT2D eigenvalue weighted by Gasteiger charge is -2.17. The third-order valence-electron chi connectivity index (χ3n) is 3.57. The number of amides is 1. The van der Waals surface area contributed by atoms with Crippen molar-refractivity contribution in [2.24, 2.45) is 0 Å². The summed E-state index contributed by atoms with van der Waals surface area (Å²) in [5.41, 5.74) is 1.65. The lowest BCUT2D eigenvalue weighted by molar-refractivity contribution is -0.384. The number of non-ortho nitro benzene ring substituents is 1. The van der Waals surface area contributed by atoms with E-state index in [0.717, 1.165) is 5.56 Å². The molecule has 0 aliphatic rings. The third kappa shape index (κ3) is 5.23. The molecule has 0 heterocycles. The molecule has 0 aromatic heterocycles. The Labute approximate surface area is 149 Å². The number of nitrogens with one attached hydrogen (secondary N) is 1. The summed E-state index contributed by atoms with van der Waals surface area (Å²) in [6, 6.07) is 8.32. The molecule has 0 unspecified atom stereocenters. The van der Waals surface area contributed by atoms with Crippen LogP contribution in [0.4, 0.5) is 15.8 Å². The number of aryl methyl sites for hydroxylation is 1. The average molecular weight is 366 g/mol. The molecule has 0 aliphatic carbocycles. The minimum atomic E-state index is -0.501. The van der Waals surface area contributed by atoms with Gasteiger partial charge in [-0.15, -0.1) is 0 Å². The lowest BCUT2D eigenvalue weighted by atomic mass is 10.2. The molecule has 0 bridgehead atoms. The van der Waals surface area contributed by atoms with E-state index >= 15 is 0 Å². The maximum atomic E-state index is 13.3. The molecule has 1 amide bonds. The van der Waals surface area contributed by atoms with Crippen LogP contribution in [0.25, 0.3) is 0 Å². The zero-order valence-electron chi connectivity index (χ0n) is 13.8. The van der Waals surface area contributed by atoms with Crippen molar-refractivity contribution in [3.63, 3.8) is 0 Å². The number of likely N-dealkylation sites (N-methyl/N-ethyl adjacent to an activating group) is 1. The molecule has 132 valence electrons. The number of hydrogen-bond donors (Lipinski definition) is 1. The Morgan fingerprint density at radius 2 is 2.04 bits per heavy atom. The quantitative estimate of drug-likeness (QED) is 0.624. The van der Waals surface area contributed by atoms with Gasteiger partial charge in [-0.2, -0.15) is 0 Å². The van der Waals surface area contributed by atoms with E-state index in [1.54, 1.807) is 24.9 Å². The first kappa shape index (κ1) is 18.8. The highest BCUT2D eigenvalue weighted by Gasteiger charge is 2.14. The van der Waals surface area contributed by atoms with Crippen LogP contribution in [0.5, 0.6) is 0 Å². The summed E-state index contributed by atoms with van der Waals surface area (Å²) in [6.45, 7) is 2.05. The monoisotopic (exact) mass is 365 g/mol. The van der Waals surface area contributed by atoms with Crippen LogP contribution in [0, 0.1) is 22.9 Å². The Balaban J connectivity index is 2.01. The first-order valence-corrected chi connectivity index (χ1v) is 7.81. The summed E-state index contributed by atoms with van der Waals surface area (Å²) >= 11 is 6.06. The molecule has 8 heteroatoms. The molecular weight excluding hydrogens is 349 g/mol. The highest BCUT2D eigenvalue weighted by atomic mass is 35.5. The highest BCUT2D eigenvalue weighted by molar-refractivity contribution is 6.31. The van der Waals surface area contributed by atoms with Crippen LogP contribution >= 0.6 is 11.6 Å². The van der Waals surface area contributed by atoms with E-state index in [4.69, 9.17) is 11.6 Å². The Bertz CT molecular complexity index is 814. The molecule has 25 heavy (non-hydrogen) atoms. The van der Waals surface area contributed by atoms with Crippen LogP contribution in [0.3, 0.4) is 0 Å². The van der Waals surface area contributed by atoms with Gasteiger partial charge in [0.2, 0.25) is 5.91 Å². The van der Waals surface area contributed by atoms with Crippen molar-refractivity contribution in [1.82, 2.24) is 4.90 Å². The number of anilines is 1. The fourth-order valence-corrected chi connectivity index (χ4v) is 2.48. The number of carbonyl (C=O) groups excluding carboxylic acids is 1. The fourth-order valence-electron chi connectivity index (χ4n) is 2.31. The summed E-state index contributed by atoms with van der Waals surface area (Å²) in [6.07, 6.45) is 0. The van der Waals surface area contributed by atoms with E-state index in [9.17, 15) is 19.3 Å². The minimum Gasteiger partial charge on any atom is -0.325 e. The van der Waals surface area contributed by atoms with E-state index in [1.807, 2.05) is 0 Å². The number of benzene rings is 2. The van der Waals surface area contributed by atoms with Gasteiger partial charge >= 0.3 is 0 Å². The van der Waals surface area contributed by atoms with Crippen LogP contribution < -0.4 is 5.32 Å². The molecule has 6 nitrogen and oxygen atoms in total. The van der Waals surface area contributed by atoms with Gasteiger partial charge in [0, 0.05) is 29.4 Å². The average Bonchev–Trinajstić information content (AvgIpc) is 2.52. The normalized spacial score (nSPS) is 10.8. The second-order valence-electron chi connectivity index (χ2n) is 5.71. The molecule has 0 radical (unpaired) electrons. The lowest BCUT2D eigenvalue weighted by Crippen LogP contribution is -2.30. The molecule has 1 N–H and O–H groups in total. The van der Waals surface area contributed by atoms with E-state index in [1.165, 1.54) is 30.3 Å². The number of halogens is 2. The van der Waals surface area contributed by atoms with Crippen molar-refractivity contribution >= 4 is 28.9 Å². The van der Waals surface area contributed by atoms with Crippen molar-refractivity contribution in [2.75, 3.05) is 18.9 Å². The van der Waals surface area contributed by atoms with Crippen LogP contribution in [-0.2, 0) is 11.3 Å². The zero-order chi connectivity index (χ0) is 18.6. The molecule has 2 aromatic carbocycles. The molecule has 0 atom stereocenters. The smallest absolute Gasteiger partial charge is 0.269 e. The number of nitrogens with zero attached hydrogens (tertiary/aromatic N) is 2. The zero-order valence-corrected chi connectivity index (χ0v) is 14.5. The van der Waals surface area contributed by atoms with Crippen LogP contribution in [0.2, 0.25) is 5.02 Å². The molecular formula is C17H17ClFN3O3. The van der Waals surface area contributed by atoms with Gasteiger partial charge in [-0.25, -0.2) is 4.39 Å². The van der Waals surface area contributed by atoms with Crippen LogP contribution in [0.1, 0.15) is 11.1 Å². The van der Waals surface area contributed by atoms with E-state index in [2.05, 4.69) is 5.32 Å². The van der Waals surface area contributed by atoms with Crippen molar-refractivity contribution in [2.45, 2.75) is 13.5 Å². The van der Waals surface area contributed by atoms with Gasteiger partial charge in [-0.05, 0) is 43.3 Å². The molecule has 0 saturated heterocycles. The number of rotatable bonds is 6. The molecule has 2 rings (SSSR count). The summed E-state index contributed by atoms with van der Waals surface area (Å²) < 4.78 is 13.3. The predicted octanol–water partition coefficient (Wildman–Crippen LogP) is 3.77. The van der Waals surface area contributed by atoms with Gasteiger partial charge in [0.15, 0.2) is 0 Å². The number of nitro benzene ring substituents is 1. The Hall–Kier alpha value is -2.51. The standard InChI is InChI=1S/C17H17ClFN3O3/c1-11-3-4-13(19)8-16(11)20-17(23)10-21(2)9-12-7-14(22(24)25)5-6-15(12)18/h3-8H,9-10H2,1-2H3,(H,20,23). The Morgan fingerprint density at radius 3 is 2.72 bits per heavy atom. The molecule has 0 fully saturated rings.